The summed E-state index contributed by atoms with van der Waals surface area (Å²) in [5.41, 5.74) is 1.46. The number of hydrogen-bond acceptors (Lipinski definition) is 7. The fourth-order valence-electron chi connectivity index (χ4n) is 4.23. The number of amides is 2. The van der Waals surface area contributed by atoms with Gasteiger partial charge in [-0.05, 0) is 55.3 Å². The number of nitrogens with zero attached hydrogens (tertiary/aromatic N) is 2. The van der Waals surface area contributed by atoms with Gasteiger partial charge in [0.15, 0.2) is 17.9 Å². The molecule has 0 spiro atoms. The molecule has 0 aliphatic heterocycles. The van der Waals surface area contributed by atoms with E-state index in [1.165, 1.54) is 29.7 Å². The third-order valence-corrected chi connectivity index (χ3v) is 7.77. The summed E-state index contributed by atoms with van der Waals surface area (Å²) < 4.78 is 21.7. The maximum atomic E-state index is 15.1. The Bertz CT molecular complexity index is 1750. The number of anilines is 2. The van der Waals surface area contributed by atoms with Crippen LogP contribution in [0, 0.1) is 11.2 Å². The lowest BCUT2D eigenvalue weighted by Gasteiger charge is -2.16. The van der Waals surface area contributed by atoms with Crippen LogP contribution in [0.3, 0.4) is 0 Å². The van der Waals surface area contributed by atoms with Gasteiger partial charge in [-0.15, -0.1) is 11.3 Å². The normalized spacial score (nSPS) is 13.4. The summed E-state index contributed by atoms with van der Waals surface area (Å²) in [6.07, 6.45) is 4.62. The highest BCUT2D eigenvalue weighted by Gasteiger charge is 2.56. The zero-order valence-corrected chi connectivity index (χ0v) is 21.7. The van der Waals surface area contributed by atoms with Crippen LogP contribution in [0.4, 0.5) is 15.8 Å². The van der Waals surface area contributed by atoms with Crippen LogP contribution in [0.25, 0.3) is 20.8 Å². The van der Waals surface area contributed by atoms with Crippen molar-refractivity contribution in [2.75, 3.05) is 10.6 Å². The second kappa shape index (κ2) is 10.3. The number of halogens is 1. The fraction of sp³-hybridized carbons (Fsp3) is 0.100. The van der Waals surface area contributed by atoms with E-state index in [1.54, 1.807) is 48.7 Å². The Hall–Kier alpha value is -4.96. The number of fused-ring (bicyclic) bond motifs is 1. The smallest absolute Gasteiger partial charge is 0.240 e. The van der Waals surface area contributed by atoms with Crippen molar-refractivity contribution in [1.82, 2.24) is 9.97 Å². The van der Waals surface area contributed by atoms with Crippen LogP contribution >= 0.6 is 11.3 Å². The Labute approximate surface area is 231 Å². The molecule has 198 valence electrons. The minimum absolute atomic E-state index is 0.0307. The highest BCUT2D eigenvalue weighted by molar-refractivity contribution is 7.22. The lowest BCUT2D eigenvalue weighted by Crippen LogP contribution is -2.35. The number of benzene rings is 2. The molecule has 2 aromatic carbocycles. The number of hydrogen-bond donors (Lipinski definition) is 2. The van der Waals surface area contributed by atoms with E-state index in [2.05, 4.69) is 20.6 Å². The maximum Gasteiger partial charge on any atom is 0.240 e. The molecule has 8 nitrogen and oxygen atoms in total. The molecule has 40 heavy (non-hydrogen) atoms. The summed E-state index contributed by atoms with van der Waals surface area (Å²) in [4.78, 5) is 46.2. The molecule has 3 aromatic heterocycles. The zero-order chi connectivity index (χ0) is 27.7. The number of aromatic nitrogens is 2. The van der Waals surface area contributed by atoms with Gasteiger partial charge >= 0.3 is 0 Å². The number of thiophene rings is 1. The Kier molecular flexibility index (Phi) is 6.53. The molecule has 0 bridgehead atoms. The summed E-state index contributed by atoms with van der Waals surface area (Å²) >= 11 is 1.38. The van der Waals surface area contributed by atoms with Gasteiger partial charge in [-0.2, -0.15) is 0 Å². The first-order valence-corrected chi connectivity index (χ1v) is 13.2. The van der Waals surface area contributed by atoms with Crippen molar-refractivity contribution < 1.29 is 23.5 Å². The Morgan fingerprint density at radius 3 is 2.35 bits per heavy atom. The molecule has 0 saturated heterocycles. The van der Waals surface area contributed by atoms with Crippen LogP contribution in [0.2, 0.25) is 0 Å². The van der Waals surface area contributed by atoms with E-state index in [1.807, 2.05) is 12.1 Å². The van der Waals surface area contributed by atoms with Crippen LogP contribution in [-0.4, -0.2) is 28.1 Å². The average molecular weight is 553 g/mol. The van der Waals surface area contributed by atoms with Crippen LogP contribution in [0.5, 0.6) is 11.5 Å². The van der Waals surface area contributed by atoms with Crippen molar-refractivity contribution in [2.45, 2.75) is 12.8 Å². The van der Waals surface area contributed by atoms with Crippen molar-refractivity contribution in [3.63, 3.8) is 0 Å². The van der Waals surface area contributed by atoms with Gasteiger partial charge in [0.05, 0.1) is 20.8 Å². The molecule has 0 radical (unpaired) electrons. The number of pyridine rings is 2. The van der Waals surface area contributed by atoms with Gasteiger partial charge in [0.1, 0.15) is 11.2 Å². The zero-order valence-electron chi connectivity index (χ0n) is 20.9. The van der Waals surface area contributed by atoms with E-state index in [9.17, 15) is 14.4 Å². The predicted octanol–water partition coefficient (Wildman–Crippen LogP) is 6.46. The van der Waals surface area contributed by atoms with Gasteiger partial charge in [0.2, 0.25) is 11.8 Å². The minimum Gasteiger partial charge on any atom is -0.453 e. The Morgan fingerprint density at radius 1 is 0.900 bits per heavy atom. The molecular weight excluding hydrogens is 531 g/mol. The highest BCUT2D eigenvalue weighted by Crippen LogP contribution is 2.47. The average Bonchev–Trinajstić information content (AvgIpc) is 3.68. The largest absolute Gasteiger partial charge is 0.453 e. The lowest BCUT2D eigenvalue weighted by molar-refractivity contribution is -0.131. The van der Waals surface area contributed by atoms with Gasteiger partial charge in [0.25, 0.3) is 0 Å². The van der Waals surface area contributed by atoms with E-state index in [0.29, 0.717) is 45.8 Å². The van der Waals surface area contributed by atoms with Gasteiger partial charge in [0, 0.05) is 41.5 Å². The SMILES string of the molecule is O=Cc1ccc(-c2cc3nccc(Oc4ccc(NC(=O)C5(C(=O)Nc6ccccc6)CC5)cc4F)c3s2)nc1. The lowest BCUT2D eigenvalue weighted by atomic mass is 10.0. The molecule has 6 rings (SSSR count). The molecule has 0 atom stereocenters. The molecule has 5 aromatic rings. The van der Waals surface area contributed by atoms with Crippen LogP contribution in [0.1, 0.15) is 23.2 Å². The molecule has 1 aliphatic rings. The number of carbonyl (C=O) groups excluding carboxylic acids is 3. The highest BCUT2D eigenvalue weighted by atomic mass is 32.1. The first-order valence-electron chi connectivity index (χ1n) is 12.4. The predicted molar refractivity (Wildman–Crippen MR) is 150 cm³/mol. The fourth-order valence-corrected chi connectivity index (χ4v) is 5.27. The van der Waals surface area contributed by atoms with Crippen LogP contribution in [0.15, 0.2) is 85.2 Å². The summed E-state index contributed by atoms with van der Waals surface area (Å²) in [6, 6.07) is 20.0. The third kappa shape index (κ3) is 4.92. The molecule has 1 fully saturated rings. The second-order valence-electron chi connectivity index (χ2n) is 9.33. The topological polar surface area (TPSA) is 110 Å². The molecule has 2 N–H and O–H groups in total. The van der Waals surface area contributed by atoms with Crippen molar-refractivity contribution in [3.05, 3.63) is 96.6 Å². The van der Waals surface area contributed by atoms with E-state index in [4.69, 9.17) is 4.74 Å². The standard InChI is InChI=1S/C30H21FN4O4S/c31-21-14-20(35-29(38)30(11-12-30)28(37)34-19-4-2-1-3-5-19)7-9-24(21)39-25-10-13-32-23-15-26(40-27(23)25)22-8-6-18(17-36)16-33-22/h1-10,13-17H,11-12H2,(H,34,37)(H,35,38). The van der Waals surface area contributed by atoms with E-state index in [0.717, 1.165) is 17.2 Å². The molecule has 1 saturated carbocycles. The van der Waals surface area contributed by atoms with Gasteiger partial charge in [-0.1, -0.05) is 18.2 Å². The van der Waals surface area contributed by atoms with Crippen molar-refractivity contribution in [1.29, 1.82) is 0 Å². The summed E-state index contributed by atoms with van der Waals surface area (Å²) in [7, 11) is 0. The van der Waals surface area contributed by atoms with Gasteiger partial charge < -0.3 is 15.4 Å². The van der Waals surface area contributed by atoms with Crippen molar-refractivity contribution in [2.24, 2.45) is 5.41 Å². The quantitative estimate of drug-likeness (QED) is 0.169. The molecule has 0 unspecified atom stereocenters. The van der Waals surface area contributed by atoms with E-state index < -0.39 is 17.1 Å². The van der Waals surface area contributed by atoms with Crippen molar-refractivity contribution in [3.8, 4) is 22.1 Å². The number of aldehydes is 1. The van der Waals surface area contributed by atoms with Gasteiger partial charge in [-0.3, -0.25) is 24.4 Å². The Morgan fingerprint density at radius 2 is 1.68 bits per heavy atom. The number of rotatable bonds is 8. The second-order valence-corrected chi connectivity index (χ2v) is 10.4. The van der Waals surface area contributed by atoms with Crippen LogP contribution in [-0.2, 0) is 9.59 Å². The molecule has 2 amide bonds. The number of carbonyl (C=O) groups is 3. The molecule has 3 heterocycles. The molecule has 10 heteroatoms. The Balaban J connectivity index is 1.17. The number of para-hydroxylation sites is 1. The first-order chi connectivity index (χ1) is 19.4. The van der Waals surface area contributed by atoms with Crippen LogP contribution < -0.4 is 15.4 Å². The number of nitrogens with one attached hydrogen (secondary N) is 2. The summed E-state index contributed by atoms with van der Waals surface area (Å²) in [5.74, 6) is -1.16. The molecular formula is C30H21FN4O4S. The molecule has 1 aliphatic carbocycles. The third-order valence-electron chi connectivity index (χ3n) is 6.61. The van der Waals surface area contributed by atoms with E-state index in [-0.39, 0.29) is 17.3 Å². The monoisotopic (exact) mass is 552 g/mol. The van der Waals surface area contributed by atoms with Crippen molar-refractivity contribution >= 4 is 51.0 Å². The first kappa shape index (κ1) is 25.3. The summed E-state index contributed by atoms with van der Waals surface area (Å²) in [5, 5.41) is 5.45. The van der Waals surface area contributed by atoms with Gasteiger partial charge in [-0.25, -0.2) is 4.39 Å². The minimum atomic E-state index is -1.18. The number of ether oxygens (including phenoxy) is 1. The summed E-state index contributed by atoms with van der Waals surface area (Å²) in [6.45, 7) is 0. The van der Waals surface area contributed by atoms with E-state index >= 15 is 4.39 Å². The maximum absolute atomic E-state index is 15.1.